The van der Waals surface area contributed by atoms with E-state index in [0.717, 1.165) is 11.3 Å². The third kappa shape index (κ3) is 3.40. The Labute approximate surface area is 129 Å². The number of nitrogens with one attached hydrogen (secondary N) is 1. The van der Waals surface area contributed by atoms with E-state index in [1.807, 2.05) is 36.4 Å². The summed E-state index contributed by atoms with van der Waals surface area (Å²) in [5.41, 5.74) is 1.50. The number of halogens is 1. The maximum absolute atomic E-state index is 9.73. The van der Waals surface area contributed by atoms with Gasteiger partial charge in [0.2, 0.25) is 0 Å². The second-order valence-electron chi connectivity index (χ2n) is 4.44. The smallest absolute Gasteiger partial charge is 0.141 e. The predicted octanol–water partition coefficient (Wildman–Crippen LogP) is 3.50. The first kappa shape index (κ1) is 15.5. The van der Waals surface area contributed by atoms with Crippen LogP contribution in [-0.4, -0.2) is 25.9 Å². The van der Waals surface area contributed by atoms with E-state index < -0.39 is 6.04 Å². The number of ether oxygens (including phenoxy) is 2. The van der Waals surface area contributed by atoms with Crippen molar-refractivity contribution in [1.82, 2.24) is 0 Å². The summed E-state index contributed by atoms with van der Waals surface area (Å²) in [5.74, 6) is 1.32. The lowest BCUT2D eigenvalue weighted by molar-refractivity contribution is 0.272. The van der Waals surface area contributed by atoms with Crippen LogP contribution in [0.25, 0.3) is 0 Å². The molecule has 112 valence electrons. The number of methoxy groups -OCH3 is 2. The van der Waals surface area contributed by atoms with Crippen molar-refractivity contribution in [2.24, 2.45) is 0 Å². The highest BCUT2D eigenvalue weighted by Gasteiger charge is 2.19. The Morgan fingerprint density at radius 3 is 2.38 bits per heavy atom. The quantitative estimate of drug-likeness (QED) is 0.857. The van der Waals surface area contributed by atoms with Crippen LogP contribution in [0.1, 0.15) is 11.6 Å². The van der Waals surface area contributed by atoms with Gasteiger partial charge in [-0.15, -0.1) is 0 Å². The minimum atomic E-state index is -0.398. The minimum absolute atomic E-state index is 0.127. The number of hydrogen-bond donors (Lipinski definition) is 2. The Hall–Kier alpha value is -1.91. The van der Waals surface area contributed by atoms with Crippen molar-refractivity contribution < 1.29 is 14.6 Å². The van der Waals surface area contributed by atoms with E-state index in [4.69, 9.17) is 21.1 Å². The van der Waals surface area contributed by atoms with Gasteiger partial charge in [-0.3, -0.25) is 0 Å². The van der Waals surface area contributed by atoms with Gasteiger partial charge in [-0.1, -0.05) is 29.8 Å². The molecule has 1 atom stereocenters. The fraction of sp³-hybridized carbons (Fsp3) is 0.250. The molecule has 2 N–H and O–H groups in total. The van der Waals surface area contributed by atoms with Gasteiger partial charge in [0, 0.05) is 10.6 Å². The molecule has 0 aliphatic heterocycles. The lowest BCUT2D eigenvalue weighted by Gasteiger charge is -2.22. The highest BCUT2D eigenvalue weighted by molar-refractivity contribution is 6.31. The van der Waals surface area contributed by atoms with E-state index in [0.29, 0.717) is 16.5 Å². The van der Waals surface area contributed by atoms with Crippen LogP contribution < -0.4 is 14.8 Å². The molecule has 0 aliphatic carbocycles. The van der Waals surface area contributed by atoms with Crippen molar-refractivity contribution in [1.29, 1.82) is 0 Å². The molecule has 0 saturated heterocycles. The molecular formula is C16H18ClNO3. The van der Waals surface area contributed by atoms with Crippen molar-refractivity contribution in [3.8, 4) is 11.5 Å². The zero-order valence-electron chi connectivity index (χ0n) is 12.0. The second kappa shape index (κ2) is 7.20. The van der Waals surface area contributed by atoms with Crippen LogP contribution in [0, 0.1) is 0 Å². The van der Waals surface area contributed by atoms with Gasteiger partial charge in [-0.05, 0) is 24.3 Å². The second-order valence-corrected chi connectivity index (χ2v) is 4.84. The molecule has 0 amide bonds. The summed E-state index contributed by atoms with van der Waals surface area (Å²) < 4.78 is 10.6. The van der Waals surface area contributed by atoms with Crippen LogP contribution in [0.15, 0.2) is 42.5 Å². The fourth-order valence-electron chi connectivity index (χ4n) is 2.19. The van der Waals surface area contributed by atoms with E-state index in [-0.39, 0.29) is 6.61 Å². The first-order chi connectivity index (χ1) is 10.2. The number of aliphatic hydroxyl groups is 1. The Morgan fingerprint density at radius 1 is 1.05 bits per heavy atom. The Balaban J connectivity index is 2.37. The van der Waals surface area contributed by atoms with Gasteiger partial charge < -0.3 is 19.9 Å². The van der Waals surface area contributed by atoms with Gasteiger partial charge in [0.05, 0.1) is 32.6 Å². The average Bonchev–Trinajstić information content (AvgIpc) is 2.53. The van der Waals surface area contributed by atoms with Gasteiger partial charge >= 0.3 is 0 Å². The summed E-state index contributed by atoms with van der Waals surface area (Å²) in [4.78, 5) is 0. The number of aliphatic hydroxyl groups excluding tert-OH is 1. The van der Waals surface area contributed by atoms with E-state index >= 15 is 0 Å². The molecule has 21 heavy (non-hydrogen) atoms. The molecule has 2 rings (SSSR count). The highest BCUT2D eigenvalue weighted by Crippen LogP contribution is 2.35. The van der Waals surface area contributed by atoms with E-state index in [1.54, 1.807) is 20.3 Å². The van der Waals surface area contributed by atoms with Crippen molar-refractivity contribution >= 4 is 17.3 Å². The zero-order valence-corrected chi connectivity index (χ0v) is 12.7. The molecule has 0 spiro atoms. The molecule has 2 aromatic carbocycles. The van der Waals surface area contributed by atoms with E-state index in [9.17, 15) is 5.11 Å². The summed E-state index contributed by atoms with van der Waals surface area (Å²) in [5, 5.41) is 13.5. The first-order valence-corrected chi connectivity index (χ1v) is 6.91. The summed E-state index contributed by atoms with van der Waals surface area (Å²) in [6, 6.07) is 12.5. The molecule has 0 fully saturated rings. The molecule has 0 saturated carbocycles. The van der Waals surface area contributed by atoms with Crippen LogP contribution in [0.5, 0.6) is 11.5 Å². The molecule has 0 bridgehead atoms. The summed E-state index contributed by atoms with van der Waals surface area (Å²) in [7, 11) is 3.18. The van der Waals surface area contributed by atoms with Gasteiger partial charge in [0.25, 0.3) is 0 Å². The molecule has 5 heteroatoms. The Bertz CT molecular complexity index is 604. The lowest BCUT2D eigenvalue weighted by Crippen LogP contribution is -2.16. The van der Waals surface area contributed by atoms with Crippen molar-refractivity contribution in [2.45, 2.75) is 6.04 Å². The van der Waals surface area contributed by atoms with Crippen LogP contribution >= 0.6 is 11.6 Å². The van der Waals surface area contributed by atoms with Crippen LogP contribution in [0.3, 0.4) is 0 Å². The molecule has 0 radical (unpaired) electrons. The van der Waals surface area contributed by atoms with Gasteiger partial charge in [-0.25, -0.2) is 0 Å². The van der Waals surface area contributed by atoms with Crippen LogP contribution in [-0.2, 0) is 0 Å². The van der Waals surface area contributed by atoms with E-state index in [2.05, 4.69) is 5.32 Å². The SMILES string of the molecule is COc1ccccc1NC(CO)c1c(Cl)cccc1OC. The summed E-state index contributed by atoms with van der Waals surface area (Å²) in [6.45, 7) is -0.127. The maximum Gasteiger partial charge on any atom is 0.141 e. The van der Waals surface area contributed by atoms with Crippen LogP contribution in [0.4, 0.5) is 5.69 Å². The van der Waals surface area contributed by atoms with Crippen LogP contribution in [0.2, 0.25) is 5.02 Å². The Morgan fingerprint density at radius 2 is 1.71 bits per heavy atom. The molecule has 0 heterocycles. The number of anilines is 1. The topological polar surface area (TPSA) is 50.7 Å². The fourth-order valence-corrected chi connectivity index (χ4v) is 2.49. The van der Waals surface area contributed by atoms with Crippen molar-refractivity contribution in [3.05, 3.63) is 53.1 Å². The molecular weight excluding hydrogens is 290 g/mol. The number of para-hydroxylation sites is 2. The summed E-state index contributed by atoms with van der Waals surface area (Å²) in [6.07, 6.45) is 0. The molecule has 4 nitrogen and oxygen atoms in total. The standard InChI is InChI=1S/C16H18ClNO3/c1-20-14-8-4-3-7-12(14)18-13(10-19)16-11(17)6-5-9-15(16)21-2/h3-9,13,18-19H,10H2,1-2H3. The largest absolute Gasteiger partial charge is 0.496 e. The lowest BCUT2D eigenvalue weighted by atomic mass is 10.1. The van der Waals surface area contributed by atoms with E-state index in [1.165, 1.54) is 0 Å². The molecule has 1 unspecified atom stereocenters. The predicted molar refractivity (Wildman–Crippen MR) is 84.4 cm³/mol. The normalized spacial score (nSPS) is 11.8. The maximum atomic E-state index is 9.73. The Kier molecular flexibility index (Phi) is 5.31. The number of hydrogen-bond acceptors (Lipinski definition) is 4. The van der Waals surface area contributed by atoms with Gasteiger partial charge in [0.15, 0.2) is 0 Å². The minimum Gasteiger partial charge on any atom is -0.496 e. The van der Waals surface area contributed by atoms with Gasteiger partial charge in [-0.2, -0.15) is 0 Å². The summed E-state index contributed by atoms with van der Waals surface area (Å²) >= 11 is 6.26. The first-order valence-electron chi connectivity index (χ1n) is 6.54. The third-order valence-electron chi connectivity index (χ3n) is 3.20. The third-order valence-corrected chi connectivity index (χ3v) is 3.53. The van der Waals surface area contributed by atoms with Gasteiger partial charge in [0.1, 0.15) is 11.5 Å². The number of benzene rings is 2. The van der Waals surface area contributed by atoms with Crippen molar-refractivity contribution in [2.75, 3.05) is 26.1 Å². The monoisotopic (exact) mass is 307 g/mol. The van der Waals surface area contributed by atoms with Crippen molar-refractivity contribution in [3.63, 3.8) is 0 Å². The highest BCUT2D eigenvalue weighted by atomic mass is 35.5. The molecule has 2 aromatic rings. The zero-order chi connectivity index (χ0) is 15.2. The molecule has 0 aromatic heterocycles. The molecule has 0 aliphatic rings. The number of rotatable bonds is 6. The average molecular weight is 308 g/mol.